The Morgan fingerprint density at radius 1 is 0.960 bits per heavy atom. The average molecular weight is 396 g/mol. The summed E-state index contributed by atoms with van der Waals surface area (Å²) in [7, 11) is -3.90. The van der Waals surface area contributed by atoms with Crippen LogP contribution in [0.25, 0.3) is 10.8 Å². The summed E-state index contributed by atoms with van der Waals surface area (Å²) >= 11 is 11.8. The molecule has 25 heavy (non-hydrogen) atoms. The van der Waals surface area contributed by atoms with Gasteiger partial charge in [0.2, 0.25) is 10.0 Å². The van der Waals surface area contributed by atoms with Crippen molar-refractivity contribution in [2.75, 3.05) is 6.54 Å². The minimum Gasteiger partial charge on any atom is -0.387 e. The molecule has 0 spiro atoms. The summed E-state index contributed by atoms with van der Waals surface area (Å²) < 4.78 is 27.3. The van der Waals surface area contributed by atoms with Gasteiger partial charge in [-0.25, -0.2) is 13.1 Å². The van der Waals surface area contributed by atoms with E-state index >= 15 is 0 Å². The number of nitrogens with one attached hydrogen (secondary N) is 1. The molecule has 1 unspecified atom stereocenters. The Kier molecular flexibility index (Phi) is 5.32. The summed E-state index contributed by atoms with van der Waals surface area (Å²) in [5.41, 5.74) is 0.651. The van der Waals surface area contributed by atoms with E-state index in [1.165, 1.54) is 18.2 Å². The fourth-order valence-electron chi connectivity index (χ4n) is 2.61. The van der Waals surface area contributed by atoms with Gasteiger partial charge in [-0.15, -0.1) is 0 Å². The molecule has 0 radical (unpaired) electrons. The van der Waals surface area contributed by atoms with Crippen molar-refractivity contribution in [3.05, 3.63) is 76.3 Å². The molecule has 4 nitrogen and oxygen atoms in total. The lowest BCUT2D eigenvalue weighted by Gasteiger charge is -2.15. The van der Waals surface area contributed by atoms with Crippen molar-refractivity contribution in [1.82, 2.24) is 4.72 Å². The molecule has 1 atom stereocenters. The number of aliphatic hydroxyl groups excluding tert-OH is 1. The van der Waals surface area contributed by atoms with E-state index < -0.39 is 16.1 Å². The van der Waals surface area contributed by atoms with Crippen molar-refractivity contribution in [1.29, 1.82) is 0 Å². The Morgan fingerprint density at radius 3 is 2.44 bits per heavy atom. The molecule has 7 heteroatoms. The van der Waals surface area contributed by atoms with Crippen LogP contribution in [0.4, 0.5) is 0 Å². The van der Waals surface area contributed by atoms with E-state index in [-0.39, 0.29) is 21.5 Å². The maximum atomic E-state index is 12.4. The number of fused-ring (bicyclic) bond motifs is 1. The normalized spacial score (nSPS) is 13.1. The van der Waals surface area contributed by atoms with Crippen molar-refractivity contribution in [3.63, 3.8) is 0 Å². The van der Waals surface area contributed by atoms with Crippen LogP contribution >= 0.6 is 23.2 Å². The predicted octanol–water partition coefficient (Wildman–Crippen LogP) is 4.16. The number of halogens is 2. The zero-order valence-corrected chi connectivity index (χ0v) is 15.3. The fourth-order valence-corrected chi connectivity index (χ4v) is 4.41. The molecule has 0 aliphatic rings. The molecular formula is C18H15Cl2NO3S. The molecule has 2 N–H and O–H groups in total. The second kappa shape index (κ2) is 7.32. The molecule has 0 saturated heterocycles. The Hall–Kier alpha value is -1.63. The van der Waals surface area contributed by atoms with Crippen molar-refractivity contribution in [3.8, 4) is 0 Å². The first-order valence-electron chi connectivity index (χ1n) is 7.49. The van der Waals surface area contributed by atoms with Gasteiger partial charge in [0.1, 0.15) is 4.90 Å². The van der Waals surface area contributed by atoms with Crippen LogP contribution in [0.1, 0.15) is 11.7 Å². The molecule has 0 bridgehead atoms. The van der Waals surface area contributed by atoms with Crippen LogP contribution in [0.3, 0.4) is 0 Å². The van der Waals surface area contributed by atoms with Crippen LogP contribution < -0.4 is 4.72 Å². The van der Waals surface area contributed by atoms with Crippen LogP contribution in [-0.4, -0.2) is 20.1 Å². The summed E-state index contributed by atoms with van der Waals surface area (Å²) in [5, 5.41) is 12.4. The van der Waals surface area contributed by atoms with Gasteiger partial charge in [-0.1, -0.05) is 71.7 Å². The second-order valence-electron chi connectivity index (χ2n) is 5.49. The zero-order chi connectivity index (χ0) is 18.0. The first-order chi connectivity index (χ1) is 11.9. The highest BCUT2D eigenvalue weighted by atomic mass is 35.5. The van der Waals surface area contributed by atoms with Gasteiger partial charge < -0.3 is 5.11 Å². The zero-order valence-electron chi connectivity index (χ0n) is 13.0. The van der Waals surface area contributed by atoms with Crippen molar-refractivity contribution in [2.24, 2.45) is 0 Å². The lowest BCUT2D eigenvalue weighted by molar-refractivity contribution is 0.183. The molecule has 3 aromatic rings. The van der Waals surface area contributed by atoms with Crippen molar-refractivity contribution >= 4 is 44.0 Å². The van der Waals surface area contributed by atoms with Crippen LogP contribution in [0, 0.1) is 0 Å². The molecule has 3 rings (SSSR count). The summed E-state index contributed by atoms with van der Waals surface area (Å²) in [5.74, 6) is 0. The minimum atomic E-state index is -3.90. The number of aliphatic hydroxyl groups is 1. The van der Waals surface area contributed by atoms with Crippen LogP contribution in [0.5, 0.6) is 0 Å². The van der Waals surface area contributed by atoms with Crippen LogP contribution in [-0.2, 0) is 10.0 Å². The molecule has 0 aliphatic heterocycles. The van der Waals surface area contributed by atoms with Gasteiger partial charge in [0.05, 0.1) is 16.1 Å². The third-order valence-corrected chi connectivity index (χ3v) is 6.25. The van der Waals surface area contributed by atoms with Gasteiger partial charge in [0, 0.05) is 6.54 Å². The quantitative estimate of drug-likeness (QED) is 0.681. The smallest absolute Gasteiger partial charge is 0.242 e. The number of sulfonamides is 1. The number of rotatable bonds is 5. The Morgan fingerprint density at radius 2 is 1.64 bits per heavy atom. The molecule has 0 aromatic heterocycles. The number of hydrogen-bond acceptors (Lipinski definition) is 3. The highest BCUT2D eigenvalue weighted by Gasteiger charge is 2.21. The standard InChI is InChI=1S/C18H15Cl2NO3S/c19-15-9-4-10-17(18(15)20)25(23,24)21-11-16(22)14-8-3-6-12-5-1-2-7-13(12)14/h1-10,16,21-22H,11H2. The Labute approximate surface area is 156 Å². The lowest BCUT2D eigenvalue weighted by atomic mass is 10.0. The minimum absolute atomic E-state index is 0.0451. The first kappa shape index (κ1) is 18.2. The summed E-state index contributed by atoms with van der Waals surface area (Å²) in [6.45, 7) is -0.181. The SMILES string of the molecule is O=S(=O)(NCC(O)c1cccc2ccccc12)c1cccc(Cl)c1Cl. The lowest BCUT2D eigenvalue weighted by Crippen LogP contribution is -2.28. The topological polar surface area (TPSA) is 66.4 Å². The maximum Gasteiger partial charge on any atom is 0.242 e. The fraction of sp³-hybridized carbons (Fsp3) is 0.111. The molecular weight excluding hydrogens is 381 g/mol. The summed E-state index contributed by atoms with van der Waals surface area (Å²) in [6, 6.07) is 17.5. The summed E-state index contributed by atoms with van der Waals surface area (Å²) in [6.07, 6.45) is -1.00. The van der Waals surface area contributed by atoms with Crippen molar-refractivity contribution in [2.45, 2.75) is 11.0 Å². The Balaban J connectivity index is 1.84. The molecule has 0 aliphatic carbocycles. The van der Waals surface area contributed by atoms with Crippen LogP contribution in [0.2, 0.25) is 10.0 Å². The van der Waals surface area contributed by atoms with Gasteiger partial charge in [0.25, 0.3) is 0 Å². The predicted molar refractivity (Wildman–Crippen MR) is 101 cm³/mol. The Bertz CT molecular complexity index is 1020. The highest BCUT2D eigenvalue weighted by Crippen LogP contribution is 2.29. The number of hydrogen-bond donors (Lipinski definition) is 2. The molecule has 3 aromatic carbocycles. The van der Waals surface area contributed by atoms with E-state index in [0.29, 0.717) is 5.56 Å². The molecule has 0 amide bonds. The van der Waals surface area contributed by atoms with Crippen molar-refractivity contribution < 1.29 is 13.5 Å². The van der Waals surface area contributed by atoms with E-state index in [1.807, 2.05) is 36.4 Å². The first-order valence-corrected chi connectivity index (χ1v) is 9.73. The van der Waals surface area contributed by atoms with E-state index in [9.17, 15) is 13.5 Å². The summed E-state index contributed by atoms with van der Waals surface area (Å²) in [4.78, 5) is -0.119. The molecule has 130 valence electrons. The molecule has 0 heterocycles. The molecule has 0 saturated carbocycles. The maximum absolute atomic E-state index is 12.4. The molecule has 0 fully saturated rings. The van der Waals surface area contributed by atoms with Gasteiger partial charge >= 0.3 is 0 Å². The third-order valence-electron chi connectivity index (χ3n) is 3.85. The van der Waals surface area contributed by atoms with E-state index in [0.717, 1.165) is 10.8 Å². The van der Waals surface area contributed by atoms with Gasteiger partial charge in [-0.3, -0.25) is 0 Å². The van der Waals surface area contributed by atoms with E-state index in [2.05, 4.69) is 4.72 Å². The van der Waals surface area contributed by atoms with Gasteiger partial charge in [-0.2, -0.15) is 0 Å². The van der Waals surface area contributed by atoms with E-state index in [4.69, 9.17) is 23.2 Å². The van der Waals surface area contributed by atoms with Gasteiger partial charge in [-0.05, 0) is 28.5 Å². The largest absolute Gasteiger partial charge is 0.387 e. The highest BCUT2D eigenvalue weighted by molar-refractivity contribution is 7.89. The van der Waals surface area contributed by atoms with Gasteiger partial charge in [0.15, 0.2) is 0 Å². The average Bonchev–Trinajstić information content (AvgIpc) is 2.61. The monoisotopic (exact) mass is 395 g/mol. The number of benzene rings is 3. The van der Waals surface area contributed by atoms with E-state index in [1.54, 1.807) is 6.07 Å². The second-order valence-corrected chi connectivity index (χ2v) is 8.01. The van der Waals surface area contributed by atoms with Crippen LogP contribution in [0.15, 0.2) is 65.6 Å². The third kappa shape index (κ3) is 3.81.